The fourth-order valence-corrected chi connectivity index (χ4v) is 4.40. The highest BCUT2D eigenvalue weighted by atomic mass is 35.5. The molecule has 0 aliphatic carbocycles. The van der Waals surface area contributed by atoms with Crippen molar-refractivity contribution in [2.75, 3.05) is 17.8 Å². The third-order valence-electron chi connectivity index (χ3n) is 4.29. The first-order valence-corrected chi connectivity index (χ1v) is 10.6. The number of likely N-dealkylation sites (tertiary alicyclic amines) is 1. The number of anilines is 1. The maximum absolute atomic E-state index is 12.3. The molecule has 138 valence electrons. The summed E-state index contributed by atoms with van der Waals surface area (Å²) in [5.74, 6) is -0.0280. The van der Waals surface area contributed by atoms with E-state index in [0.29, 0.717) is 22.7 Å². The number of carbonyl (C=O) groups excluding carboxylic acids is 1. The van der Waals surface area contributed by atoms with Gasteiger partial charge in [0.25, 0.3) is 0 Å². The van der Waals surface area contributed by atoms with E-state index < -0.39 is 10.0 Å². The van der Waals surface area contributed by atoms with Crippen LogP contribution < -0.4 is 4.72 Å². The average Bonchev–Trinajstić information content (AvgIpc) is 3.10. The number of nitrogens with one attached hydrogen (secondary N) is 1. The molecule has 2 aromatic rings. The number of hydrogen-bond donors (Lipinski definition) is 1. The van der Waals surface area contributed by atoms with Crippen molar-refractivity contribution in [2.45, 2.75) is 25.0 Å². The fraction of sp³-hybridized carbons (Fsp3) is 0.316. The number of halogens is 1. The first-order chi connectivity index (χ1) is 12.4. The molecule has 1 amide bonds. The maximum atomic E-state index is 12.3. The predicted molar refractivity (Wildman–Crippen MR) is 104 cm³/mol. The molecule has 0 unspecified atom stereocenters. The van der Waals surface area contributed by atoms with Crippen molar-refractivity contribution < 1.29 is 13.2 Å². The molecule has 1 heterocycles. The van der Waals surface area contributed by atoms with Crippen LogP contribution in [0.2, 0.25) is 5.02 Å². The molecule has 0 spiro atoms. The smallest absolute Gasteiger partial charge is 0.236 e. The van der Waals surface area contributed by atoms with Crippen molar-refractivity contribution >= 4 is 33.2 Å². The van der Waals surface area contributed by atoms with Crippen LogP contribution in [0, 0.1) is 0 Å². The van der Waals surface area contributed by atoms with Crippen LogP contribution in [-0.4, -0.2) is 32.3 Å². The van der Waals surface area contributed by atoms with Gasteiger partial charge in [0.2, 0.25) is 15.9 Å². The lowest BCUT2D eigenvalue weighted by atomic mass is 10.1. The summed E-state index contributed by atoms with van der Waals surface area (Å²) in [6.45, 7) is 1.67. The predicted octanol–water partition coefficient (Wildman–Crippen LogP) is 3.45. The molecule has 5 nitrogen and oxygen atoms in total. The Morgan fingerprint density at radius 3 is 2.38 bits per heavy atom. The molecule has 0 saturated carbocycles. The lowest BCUT2D eigenvalue weighted by molar-refractivity contribution is -0.129. The third kappa shape index (κ3) is 5.22. The molecule has 0 radical (unpaired) electrons. The van der Waals surface area contributed by atoms with Gasteiger partial charge in [0.05, 0.1) is 12.2 Å². The number of rotatable bonds is 6. The Morgan fingerprint density at radius 2 is 1.73 bits per heavy atom. The number of nitrogens with zero attached hydrogens (tertiary/aromatic N) is 1. The second kappa shape index (κ2) is 8.10. The Labute approximate surface area is 159 Å². The SMILES string of the molecule is O=C(Cc1ccc(NS(=O)(=O)Cc2cccc(Cl)c2)cc1)N1CCCC1. The largest absolute Gasteiger partial charge is 0.342 e. The number of carbonyl (C=O) groups is 1. The van der Waals surface area contributed by atoms with Crippen LogP contribution in [0.1, 0.15) is 24.0 Å². The second-order valence-corrected chi connectivity index (χ2v) is 8.61. The molecule has 0 atom stereocenters. The summed E-state index contributed by atoms with van der Waals surface area (Å²) in [4.78, 5) is 14.0. The second-order valence-electron chi connectivity index (χ2n) is 6.45. The first kappa shape index (κ1) is 18.7. The highest BCUT2D eigenvalue weighted by molar-refractivity contribution is 7.91. The Bertz CT molecular complexity index is 876. The molecule has 7 heteroatoms. The lowest BCUT2D eigenvalue weighted by Gasteiger charge is -2.15. The van der Waals surface area contributed by atoms with Gasteiger partial charge in [-0.2, -0.15) is 0 Å². The molecule has 1 aliphatic heterocycles. The van der Waals surface area contributed by atoms with E-state index in [-0.39, 0.29) is 11.7 Å². The molecule has 26 heavy (non-hydrogen) atoms. The zero-order chi connectivity index (χ0) is 18.6. The minimum atomic E-state index is -3.54. The minimum Gasteiger partial charge on any atom is -0.342 e. The maximum Gasteiger partial charge on any atom is 0.236 e. The Morgan fingerprint density at radius 1 is 1.04 bits per heavy atom. The van der Waals surface area contributed by atoms with Gasteiger partial charge in [-0.05, 0) is 48.2 Å². The number of hydrogen-bond acceptors (Lipinski definition) is 3. The molecule has 0 aromatic heterocycles. The highest BCUT2D eigenvalue weighted by Gasteiger charge is 2.18. The topological polar surface area (TPSA) is 66.5 Å². The summed E-state index contributed by atoms with van der Waals surface area (Å²) < 4.78 is 27.2. The van der Waals surface area contributed by atoms with Gasteiger partial charge in [-0.25, -0.2) is 8.42 Å². The first-order valence-electron chi connectivity index (χ1n) is 8.53. The van der Waals surface area contributed by atoms with E-state index in [1.807, 2.05) is 4.90 Å². The third-order valence-corrected chi connectivity index (χ3v) is 5.78. The average molecular weight is 393 g/mol. The summed E-state index contributed by atoms with van der Waals surface area (Å²) in [7, 11) is -3.54. The van der Waals surface area contributed by atoms with Crippen LogP contribution >= 0.6 is 11.6 Å². The molecule has 3 rings (SSSR count). The van der Waals surface area contributed by atoms with E-state index in [4.69, 9.17) is 11.6 Å². The van der Waals surface area contributed by atoms with Crippen molar-refractivity contribution in [2.24, 2.45) is 0 Å². The monoisotopic (exact) mass is 392 g/mol. The molecule has 1 saturated heterocycles. The Hall–Kier alpha value is -2.05. The van der Waals surface area contributed by atoms with Gasteiger partial charge in [-0.1, -0.05) is 35.9 Å². The van der Waals surface area contributed by atoms with E-state index in [2.05, 4.69) is 4.72 Å². The fourth-order valence-electron chi connectivity index (χ4n) is 3.01. The molecule has 0 bridgehead atoms. The van der Waals surface area contributed by atoms with E-state index >= 15 is 0 Å². The van der Waals surface area contributed by atoms with Crippen molar-refractivity contribution in [1.29, 1.82) is 0 Å². The molecule has 1 fully saturated rings. The van der Waals surface area contributed by atoms with Crippen molar-refractivity contribution in [3.8, 4) is 0 Å². The lowest BCUT2D eigenvalue weighted by Crippen LogP contribution is -2.29. The highest BCUT2D eigenvalue weighted by Crippen LogP contribution is 2.17. The van der Waals surface area contributed by atoms with E-state index in [1.165, 1.54) is 0 Å². The van der Waals surface area contributed by atoms with Crippen LogP contribution in [0.25, 0.3) is 0 Å². The van der Waals surface area contributed by atoms with Gasteiger partial charge in [0, 0.05) is 23.8 Å². The molecular formula is C19H21ClN2O3S. The zero-order valence-corrected chi connectivity index (χ0v) is 15.9. The van der Waals surface area contributed by atoms with Gasteiger partial charge < -0.3 is 4.90 Å². The van der Waals surface area contributed by atoms with E-state index in [0.717, 1.165) is 31.5 Å². The number of amides is 1. The van der Waals surface area contributed by atoms with E-state index in [1.54, 1.807) is 48.5 Å². The quantitative estimate of drug-likeness (QED) is 0.818. The van der Waals surface area contributed by atoms with Gasteiger partial charge in [0.15, 0.2) is 0 Å². The molecule has 1 N–H and O–H groups in total. The van der Waals surface area contributed by atoms with Crippen molar-refractivity contribution in [3.63, 3.8) is 0 Å². The van der Waals surface area contributed by atoms with Crippen molar-refractivity contribution in [3.05, 3.63) is 64.7 Å². The van der Waals surface area contributed by atoms with Gasteiger partial charge in [-0.3, -0.25) is 9.52 Å². The van der Waals surface area contributed by atoms with Gasteiger partial charge in [0.1, 0.15) is 0 Å². The standard InChI is InChI=1S/C19H21ClN2O3S/c20-17-5-3-4-16(12-17)14-26(24,25)21-18-8-6-15(7-9-18)13-19(23)22-10-1-2-11-22/h3-9,12,21H,1-2,10-11,13-14H2. The Balaban J connectivity index is 1.60. The van der Waals surface area contributed by atoms with Gasteiger partial charge >= 0.3 is 0 Å². The van der Waals surface area contributed by atoms with Crippen molar-refractivity contribution in [1.82, 2.24) is 4.90 Å². The summed E-state index contributed by atoms with van der Waals surface area (Å²) in [5.41, 5.74) is 1.97. The van der Waals surface area contributed by atoms with Crippen LogP contribution in [0.15, 0.2) is 48.5 Å². The van der Waals surface area contributed by atoms with Crippen LogP contribution in [0.4, 0.5) is 5.69 Å². The number of benzene rings is 2. The minimum absolute atomic E-state index is 0.122. The Kier molecular flexibility index (Phi) is 5.84. The summed E-state index contributed by atoms with van der Waals surface area (Å²) in [5, 5.41) is 0.504. The summed E-state index contributed by atoms with van der Waals surface area (Å²) in [6.07, 6.45) is 2.48. The van der Waals surface area contributed by atoms with E-state index in [9.17, 15) is 13.2 Å². The van der Waals surface area contributed by atoms with Crippen LogP contribution in [0.3, 0.4) is 0 Å². The van der Waals surface area contributed by atoms with Gasteiger partial charge in [-0.15, -0.1) is 0 Å². The molecular weight excluding hydrogens is 372 g/mol. The van der Waals surface area contributed by atoms with Crippen LogP contribution in [0.5, 0.6) is 0 Å². The zero-order valence-electron chi connectivity index (χ0n) is 14.3. The summed E-state index contributed by atoms with van der Waals surface area (Å²) in [6, 6.07) is 13.7. The molecule has 1 aliphatic rings. The van der Waals surface area contributed by atoms with Crippen LogP contribution in [-0.2, 0) is 27.0 Å². The normalized spacial score (nSPS) is 14.4. The number of sulfonamides is 1. The molecule has 2 aromatic carbocycles. The summed E-state index contributed by atoms with van der Waals surface area (Å²) >= 11 is 5.89.